The van der Waals surface area contributed by atoms with Crippen LogP contribution in [0.5, 0.6) is 5.75 Å². The zero-order chi connectivity index (χ0) is 20.0. The number of carbonyl (C=O) groups is 1. The molecular formula is C20H17FN4O2S2. The average Bonchev–Trinajstić information content (AvgIpc) is 3.24. The number of rotatable bonds is 5. The number of nitrogens with one attached hydrogen (secondary N) is 1. The number of halogens is 1. The number of ether oxygens (including phenoxy) is 1. The van der Waals surface area contributed by atoms with Crippen molar-refractivity contribution in [1.29, 1.82) is 0 Å². The smallest absolute Gasteiger partial charge is 0.232 e. The van der Waals surface area contributed by atoms with Gasteiger partial charge in [-0.1, -0.05) is 28.7 Å². The molecule has 0 radical (unpaired) electrons. The summed E-state index contributed by atoms with van der Waals surface area (Å²) >= 11 is 2.87. The molecule has 4 aromatic rings. The zero-order valence-corrected chi connectivity index (χ0v) is 17.1. The van der Waals surface area contributed by atoms with E-state index >= 15 is 0 Å². The summed E-state index contributed by atoms with van der Waals surface area (Å²) in [5, 5.41) is 4.25. The Bertz CT molecular complexity index is 1220. The van der Waals surface area contributed by atoms with Gasteiger partial charge in [0.2, 0.25) is 5.91 Å². The van der Waals surface area contributed by atoms with Crippen LogP contribution in [-0.2, 0) is 4.79 Å². The van der Waals surface area contributed by atoms with Gasteiger partial charge < -0.3 is 15.0 Å². The molecule has 0 spiro atoms. The molecule has 2 aromatic carbocycles. The van der Waals surface area contributed by atoms with Crippen LogP contribution < -0.4 is 15.0 Å². The first-order chi connectivity index (χ1) is 14.1. The summed E-state index contributed by atoms with van der Waals surface area (Å²) in [7, 11) is 0. The van der Waals surface area contributed by atoms with Gasteiger partial charge in [0.1, 0.15) is 17.1 Å². The SMILES string of the molecule is CCOc1ccc2nc(NC(=O)C3CN(c4nc5c(F)cccc5s4)C3)sc2c1. The highest BCUT2D eigenvalue weighted by Crippen LogP contribution is 2.35. The lowest BCUT2D eigenvalue weighted by atomic mass is 10.0. The molecule has 6 nitrogen and oxygen atoms in total. The third kappa shape index (κ3) is 3.40. The maximum Gasteiger partial charge on any atom is 0.232 e. The number of thiazole rings is 2. The van der Waals surface area contributed by atoms with E-state index < -0.39 is 0 Å². The summed E-state index contributed by atoms with van der Waals surface area (Å²) in [5.41, 5.74) is 1.22. The minimum atomic E-state index is -0.317. The summed E-state index contributed by atoms with van der Waals surface area (Å²) in [4.78, 5) is 23.4. The zero-order valence-electron chi connectivity index (χ0n) is 15.5. The lowest BCUT2D eigenvalue weighted by Gasteiger charge is -2.37. The van der Waals surface area contributed by atoms with Crippen LogP contribution in [0.3, 0.4) is 0 Å². The molecule has 0 bridgehead atoms. The molecule has 2 aromatic heterocycles. The van der Waals surface area contributed by atoms with E-state index in [1.807, 2.05) is 36.1 Å². The molecule has 29 heavy (non-hydrogen) atoms. The van der Waals surface area contributed by atoms with Gasteiger partial charge in [-0.2, -0.15) is 0 Å². The molecule has 1 fully saturated rings. The van der Waals surface area contributed by atoms with Gasteiger partial charge in [0, 0.05) is 13.1 Å². The van der Waals surface area contributed by atoms with Crippen LogP contribution >= 0.6 is 22.7 Å². The minimum Gasteiger partial charge on any atom is -0.494 e. The number of carbonyl (C=O) groups excluding carboxylic acids is 1. The van der Waals surface area contributed by atoms with Crippen LogP contribution in [0.25, 0.3) is 20.4 Å². The number of benzene rings is 2. The third-order valence-corrected chi connectivity index (χ3v) is 6.80. The van der Waals surface area contributed by atoms with Crippen molar-refractivity contribution >= 4 is 59.3 Å². The first-order valence-corrected chi connectivity index (χ1v) is 10.9. The Morgan fingerprint density at radius 2 is 2.10 bits per heavy atom. The third-order valence-electron chi connectivity index (χ3n) is 4.78. The second kappa shape index (κ2) is 7.23. The van der Waals surface area contributed by atoms with E-state index in [1.54, 1.807) is 6.07 Å². The number of amides is 1. The van der Waals surface area contributed by atoms with Crippen LogP contribution in [-0.4, -0.2) is 35.6 Å². The van der Waals surface area contributed by atoms with Gasteiger partial charge in [0.25, 0.3) is 0 Å². The van der Waals surface area contributed by atoms with Gasteiger partial charge >= 0.3 is 0 Å². The van der Waals surface area contributed by atoms with E-state index in [9.17, 15) is 9.18 Å². The normalized spacial score (nSPS) is 14.3. The molecular weight excluding hydrogens is 411 g/mol. The summed E-state index contributed by atoms with van der Waals surface area (Å²) < 4.78 is 21.1. The highest BCUT2D eigenvalue weighted by atomic mass is 32.1. The Balaban J connectivity index is 1.24. The molecule has 9 heteroatoms. The van der Waals surface area contributed by atoms with Crippen LogP contribution in [0.2, 0.25) is 0 Å². The van der Waals surface area contributed by atoms with Gasteiger partial charge in [-0.3, -0.25) is 4.79 Å². The van der Waals surface area contributed by atoms with Gasteiger partial charge in [-0.15, -0.1) is 0 Å². The number of nitrogens with zero attached hydrogens (tertiary/aromatic N) is 3. The van der Waals surface area contributed by atoms with Crippen LogP contribution in [0.4, 0.5) is 14.7 Å². The molecule has 1 aliphatic heterocycles. The lowest BCUT2D eigenvalue weighted by Crippen LogP contribution is -2.52. The van der Waals surface area contributed by atoms with Crippen molar-refractivity contribution < 1.29 is 13.9 Å². The number of hydrogen-bond donors (Lipinski definition) is 1. The predicted octanol–water partition coefficient (Wildman–Crippen LogP) is 4.52. The fourth-order valence-corrected chi connectivity index (χ4v) is 5.16. The number of aromatic nitrogens is 2. The molecule has 1 N–H and O–H groups in total. The van der Waals surface area contributed by atoms with Crippen LogP contribution in [0.1, 0.15) is 6.92 Å². The van der Waals surface area contributed by atoms with E-state index in [0.29, 0.717) is 30.3 Å². The van der Waals surface area contributed by atoms with Gasteiger partial charge in [0.15, 0.2) is 10.3 Å². The maximum atomic E-state index is 13.8. The standard InChI is InChI=1S/C20H17FN4O2S2/c1-2-27-12-6-7-14-16(8-12)28-19(22-14)24-18(26)11-9-25(10-11)20-23-17-13(21)4-3-5-15(17)29-20/h3-8,11H,2,9-10H2,1H3,(H,22,24,26). The number of anilines is 2. The van der Waals surface area contributed by atoms with Crippen molar-refractivity contribution in [3.05, 3.63) is 42.2 Å². The average molecular weight is 429 g/mol. The molecule has 0 atom stereocenters. The fraction of sp³-hybridized carbons (Fsp3) is 0.250. The van der Waals surface area contributed by atoms with Gasteiger partial charge in [0.05, 0.1) is 27.4 Å². The topological polar surface area (TPSA) is 67.3 Å². The Hall–Kier alpha value is -2.78. The molecule has 1 aliphatic rings. The lowest BCUT2D eigenvalue weighted by molar-refractivity contribution is -0.120. The second-order valence-corrected chi connectivity index (χ2v) is 8.80. The molecule has 1 saturated heterocycles. The van der Waals surface area contributed by atoms with E-state index in [0.717, 1.165) is 25.8 Å². The Labute approximate surface area is 174 Å². The van der Waals surface area contributed by atoms with Crippen molar-refractivity contribution in [1.82, 2.24) is 9.97 Å². The van der Waals surface area contributed by atoms with E-state index in [-0.39, 0.29) is 17.6 Å². The second-order valence-electron chi connectivity index (χ2n) is 6.76. The molecule has 0 aliphatic carbocycles. The van der Waals surface area contributed by atoms with Gasteiger partial charge in [-0.05, 0) is 37.3 Å². The number of hydrogen-bond acceptors (Lipinski definition) is 7. The van der Waals surface area contributed by atoms with Crippen molar-refractivity contribution in [2.75, 3.05) is 29.9 Å². The highest BCUT2D eigenvalue weighted by Gasteiger charge is 2.35. The highest BCUT2D eigenvalue weighted by molar-refractivity contribution is 7.22. The maximum absolute atomic E-state index is 13.8. The van der Waals surface area contributed by atoms with E-state index in [4.69, 9.17) is 4.74 Å². The summed E-state index contributed by atoms with van der Waals surface area (Å²) in [5.74, 6) is 0.280. The Kier molecular flexibility index (Phi) is 4.56. The number of fused-ring (bicyclic) bond motifs is 2. The molecule has 5 rings (SSSR count). The van der Waals surface area contributed by atoms with Gasteiger partial charge in [-0.25, -0.2) is 14.4 Å². The van der Waals surface area contributed by atoms with Crippen molar-refractivity contribution in [2.24, 2.45) is 5.92 Å². The van der Waals surface area contributed by atoms with E-state index in [1.165, 1.54) is 28.7 Å². The minimum absolute atomic E-state index is 0.0578. The predicted molar refractivity (Wildman–Crippen MR) is 115 cm³/mol. The van der Waals surface area contributed by atoms with Crippen molar-refractivity contribution in [3.8, 4) is 5.75 Å². The first kappa shape index (κ1) is 18.3. The molecule has 0 saturated carbocycles. The largest absolute Gasteiger partial charge is 0.494 e. The summed E-state index contributed by atoms with van der Waals surface area (Å²) in [6.45, 7) is 3.67. The molecule has 148 valence electrons. The first-order valence-electron chi connectivity index (χ1n) is 9.25. The monoisotopic (exact) mass is 428 g/mol. The molecule has 1 amide bonds. The van der Waals surface area contributed by atoms with Crippen LogP contribution in [0.15, 0.2) is 36.4 Å². The van der Waals surface area contributed by atoms with Crippen LogP contribution in [0, 0.1) is 11.7 Å². The summed E-state index contributed by atoms with van der Waals surface area (Å²) in [6, 6.07) is 10.7. The Morgan fingerprint density at radius 3 is 2.90 bits per heavy atom. The molecule has 3 heterocycles. The Morgan fingerprint density at radius 1 is 1.24 bits per heavy atom. The van der Waals surface area contributed by atoms with Crippen molar-refractivity contribution in [3.63, 3.8) is 0 Å². The van der Waals surface area contributed by atoms with E-state index in [2.05, 4.69) is 15.3 Å². The fourth-order valence-electron chi connectivity index (χ4n) is 3.26. The van der Waals surface area contributed by atoms with Crippen molar-refractivity contribution in [2.45, 2.75) is 6.92 Å². The molecule has 0 unspecified atom stereocenters. The quantitative estimate of drug-likeness (QED) is 0.506. The summed E-state index contributed by atoms with van der Waals surface area (Å²) in [6.07, 6.45) is 0. The number of para-hydroxylation sites is 1.